The standard InChI is InChI=1S/C31H35F2N3O5/c1-6-17(3)34-20-14-23(32)27(24(33)15-20)29(37)35-25(31(39)40)13-19-9-10-22(28-21(19)8-7-11-41-28)26-16(2)12-18(4)36(5)30(26)38/h9-10,12,14-15,17,25,34H,6-8,11,13H2,1-5H3,(H,35,37)(H,39,40)/t17-,25-/m0/s1. The fourth-order valence-corrected chi connectivity index (χ4v) is 5.14. The Morgan fingerprint density at radius 2 is 1.83 bits per heavy atom. The number of nitrogens with one attached hydrogen (secondary N) is 2. The summed E-state index contributed by atoms with van der Waals surface area (Å²) in [7, 11) is 1.70. The summed E-state index contributed by atoms with van der Waals surface area (Å²) in [5.74, 6) is -4.20. The molecule has 41 heavy (non-hydrogen) atoms. The zero-order valence-electron chi connectivity index (χ0n) is 23.9. The van der Waals surface area contributed by atoms with Crippen molar-refractivity contribution in [3.8, 4) is 16.9 Å². The molecule has 8 nitrogen and oxygen atoms in total. The molecule has 1 aromatic heterocycles. The molecule has 0 fully saturated rings. The van der Waals surface area contributed by atoms with E-state index in [2.05, 4.69) is 10.6 Å². The molecule has 1 amide bonds. The van der Waals surface area contributed by atoms with Crippen molar-refractivity contribution in [1.82, 2.24) is 9.88 Å². The lowest BCUT2D eigenvalue weighted by atomic mass is 9.89. The Morgan fingerprint density at radius 3 is 2.46 bits per heavy atom. The van der Waals surface area contributed by atoms with Crippen LogP contribution in [0.5, 0.6) is 5.75 Å². The summed E-state index contributed by atoms with van der Waals surface area (Å²) >= 11 is 0. The molecule has 0 spiro atoms. The molecule has 1 aliphatic heterocycles. The van der Waals surface area contributed by atoms with Crippen LogP contribution >= 0.6 is 0 Å². The van der Waals surface area contributed by atoms with Gasteiger partial charge in [-0.3, -0.25) is 9.59 Å². The van der Waals surface area contributed by atoms with Crippen LogP contribution < -0.4 is 20.9 Å². The molecule has 3 N–H and O–H groups in total. The maximum absolute atomic E-state index is 14.8. The van der Waals surface area contributed by atoms with Crippen molar-refractivity contribution >= 4 is 17.6 Å². The predicted molar refractivity (Wildman–Crippen MR) is 153 cm³/mol. The number of anilines is 1. The zero-order valence-corrected chi connectivity index (χ0v) is 23.9. The van der Waals surface area contributed by atoms with E-state index in [1.807, 2.05) is 33.8 Å². The topological polar surface area (TPSA) is 110 Å². The summed E-state index contributed by atoms with van der Waals surface area (Å²) < 4.78 is 37.2. The number of halogens is 2. The van der Waals surface area contributed by atoms with Crippen molar-refractivity contribution in [1.29, 1.82) is 0 Å². The normalized spacial score (nSPS) is 14.0. The van der Waals surface area contributed by atoms with E-state index in [1.54, 1.807) is 23.7 Å². The van der Waals surface area contributed by atoms with Crippen LogP contribution in [0.2, 0.25) is 0 Å². The Labute approximate surface area is 237 Å². The van der Waals surface area contributed by atoms with Crippen molar-refractivity contribution < 1.29 is 28.2 Å². The second-order valence-electron chi connectivity index (χ2n) is 10.6. The number of pyridine rings is 1. The number of carbonyl (C=O) groups excluding carboxylic acids is 1. The molecule has 0 saturated heterocycles. The number of hydrogen-bond acceptors (Lipinski definition) is 5. The first-order valence-electron chi connectivity index (χ1n) is 13.7. The van der Waals surface area contributed by atoms with Crippen LogP contribution in [0.25, 0.3) is 11.1 Å². The number of benzene rings is 2. The van der Waals surface area contributed by atoms with E-state index in [0.717, 1.165) is 35.4 Å². The second kappa shape index (κ2) is 12.1. The van der Waals surface area contributed by atoms with Gasteiger partial charge in [-0.25, -0.2) is 13.6 Å². The molecule has 0 saturated carbocycles. The number of carbonyl (C=O) groups is 2. The molecule has 2 atom stereocenters. The number of nitrogens with zero attached hydrogens (tertiary/aromatic N) is 1. The van der Waals surface area contributed by atoms with Crippen molar-refractivity contribution in [2.45, 2.75) is 65.5 Å². The van der Waals surface area contributed by atoms with Gasteiger partial charge in [-0.1, -0.05) is 19.1 Å². The minimum atomic E-state index is -1.47. The zero-order chi connectivity index (χ0) is 30.0. The third kappa shape index (κ3) is 6.11. The lowest BCUT2D eigenvalue weighted by molar-refractivity contribution is -0.139. The fourth-order valence-electron chi connectivity index (χ4n) is 5.14. The third-order valence-electron chi connectivity index (χ3n) is 7.63. The van der Waals surface area contributed by atoms with Gasteiger partial charge in [0.15, 0.2) is 0 Å². The summed E-state index contributed by atoms with van der Waals surface area (Å²) in [6.45, 7) is 7.91. The number of aromatic nitrogens is 1. The van der Waals surface area contributed by atoms with Gasteiger partial charge in [0.1, 0.15) is 29.0 Å². The molecule has 2 heterocycles. The number of carboxylic acids is 1. The highest BCUT2D eigenvalue weighted by molar-refractivity contribution is 5.97. The number of carboxylic acid groups (broad SMARTS) is 1. The molecular formula is C31H35F2N3O5. The lowest BCUT2D eigenvalue weighted by Gasteiger charge is -2.25. The molecule has 3 aromatic rings. The highest BCUT2D eigenvalue weighted by atomic mass is 19.1. The molecular weight excluding hydrogens is 532 g/mol. The minimum Gasteiger partial charge on any atom is -0.493 e. The fraction of sp³-hybridized carbons (Fsp3) is 0.387. The maximum atomic E-state index is 14.8. The summed E-state index contributed by atoms with van der Waals surface area (Å²) in [4.78, 5) is 38.2. The number of amides is 1. The smallest absolute Gasteiger partial charge is 0.326 e. The summed E-state index contributed by atoms with van der Waals surface area (Å²) in [5, 5.41) is 15.2. The molecule has 2 aromatic carbocycles. The van der Waals surface area contributed by atoms with Crippen LogP contribution in [0.3, 0.4) is 0 Å². The monoisotopic (exact) mass is 567 g/mol. The van der Waals surface area contributed by atoms with Crippen molar-refractivity contribution in [2.24, 2.45) is 7.05 Å². The van der Waals surface area contributed by atoms with E-state index in [9.17, 15) is 28.3 Å². The van der Waals surface area contributed by atoms with Gasteiger partial charge in [0, 0.05) is 36.5 Å². The minimum absolute atomic E-state index is 0.0379. The van der Waals surface area contributed by atoms with Gasteiger partial charge in [-0.15, -0.1) is 0 Å². The van der Waals surface area contributed by atoms with Crippen LogP contribution in [-0.2, 0) is 24.7 Å². The molecule has 10 heteroatoms. The Bertz CT molecular complexity index is 1540. The number of rotatable bonds is 9. The molecule has 218 valence electrons. The average Bonchev–Trinajstić information content (AvgIpc) is 2.91. The van der Waals surface area contributed by atoms with E-state index in [0.29, 0.717) is 41.9 Å². The molecule has 0 unspecified atom stereocenters. The largest absolute Gasteiger partial charge is 0.493 e. The number of aliphatic carboxylic acids is 1. The molecule has 0 aliphatic carbocycles. The maximum Gasteiger partial charge on any atom is 0.326 e. The third-order valence-corrected chi connectivity index (χ3v) is 7.63. The molecule has 4 rings (SSSR count). The first kappa shape index (κ1) is 29.8. The van der Waals surface area contributed by atoms with Crippen LogP contribution in [0, 0.1) is 25.5 Å². The second-order valence-corrected chi connectivity index (χ2v) is 10.6. The Balaban J connectivity index is 1.65. The van der Waals surface area contributed by atoms with Crippen molar-refractivity contribution in [3.05, 3.63) is 80.3 Å². The van der Waals surface area contributed by atoms with Crippen LogP contribution in [0.15, 0.2) is 35.1 Å². The van der Waals surface area contributed by atoms with Gasteiger partial charge < -0.3 is 25.0 Å². The highest BCUT2D eigenvalue weighted by Gasteiger charge is 2.29. The Kier molecular flexibility index (Phi) is 8.80. The number of fused-ring (bicyclic) bond motifs is 1. The summed E-state index contributed by atoms with van der Waals surface area (Å²) in [6, 6.07) is 5.89. The summed E-state index contributed by atoms with van der Waals surface area (Å²) in [5.41, 5.74) is 3.24. The number of hydrogen-bond donors (Lipinski definition) is 3. The van der Waals surface area contributed by atoms with Gasteiger partial charge in [0.2, 0.25) is 0 Å². The number of aryl methyl sites for hydroxylation is 2. The average molecular weight is 568 g/mol. The SMILES string of the molecule is CC[C@H](C)Nc1cc(F)c(C(=O)N[C@@H](Cc2ccc(-c3c(C)cc(C)n(C)c3=O)c3c2CCCO3)C(=O)O)c(F)c1. The van der Waals surface area contributed by atoms with Gasteiger partial charge in [0.25, 0.3) is 11.5 Å². The van der Waals surface area contributed by atoms with Gasteiger partial charge in [-0.05, 0) is 74.9 Å². The van der Waals surface area contributed by atoms with E-state index in [-0.39, 0.29) is 23.7 Å². The predicted octanol–water partition coefficient (Wildman–Crippen LogP) is 4.91. The molecule has 1 aliphatic rings. The van der Waals surface area contributed by atoms with E-state index < -0.39 is 35.1 Å². The Morgan fingerprint density at radius 1 is 1.15 bits per heavy atom. The molecule has 0 bridgehead atoms. The Hall–Kier alpha value is -4.21. The molecule has 0 radical (unpaired) electrons. The van der Waals surface area contributed by atoms with Crippen LogP contribution in [-0.4, -0.2) is 40.2 Å². The summed E-state index contributed by atoms with van der Waals surface area (Å²) in [6.07, 6.45) is 1.85. The van der Waals surface area contributed by atoms with E-state index in [4.69, 9.17) is 4.74 Å². The highest BCUT2D eigenvalue weighted by Crippen LogP contribution is 2.39. The van der Waals surface area contributed by atoms with Gasteiger partial charge in [0.05, 0.1) is 12.2 Å². The first-order chi connectivity index (χ1) is 19.4. The van der Waals surface area contributed by atoms with Gasteiger partial charge in [-0.2, -0.15) is 0 Å². The number of ether oxygens (including phenoxy) is 1. The van der Waals surface area contributed by atoms with Crippen molar-refractivity contribution in [3.63, 3.8) is 0 Å². The van der Waals surface area contributed by atoms with Gasteiger partial charge >= 0.3 is 5.97 Å². The van der Waals surface area contributed by atoms with Crippen molar-refractivity contribution in [2.75, 3.05) is 11.9 Å². The quantitative estimate of drug-likeness (QED) is 0.339. The van der Waals surface area contributed by atoms with E-state index in [1.165, 1.54) is 0 Å². The van der Waals surface area contributed by atoms with Crippen LogP contribution in [0.1, 0.15) is 59.4 Å². The van der Waals surface area contributed by atoms with Crippen LogP contribution in [0.4, 0.5) is 14.5 Å². The lowest BCUT2D eigenvalue weighted by Crippen LogP contribution is -2.43. The van der Waals surface area contributed by atoms with E-state index >= 15 is 0 Å². The first-order valence-corrected chi connectivity index (χ1v) is 13.7.